The molecule has 14 nitrogen and oxygen atoms in total. The highest BCUT2D eigenvalue weighted by Gasteiger charge is 2.72. The molecule has 7 atom stereocenters. The van der Waals surface area contributed by atoms with Gasteiger partial charge < -0.3 is 49.7 Å². The van der Waals surface area contributed by atoms with E-state index < -0.39 is 65.7 Å². The molecule has 4 aliphatic rings. The topological polar surface area (TPSA) is 221 Å². The number of nitrogens with zero attached hydrogens (tertiary/aromatic N) is 1. The fraction of sp³-hybridized carbons (Fsp3) is 0.520. The molecule has 1 aromatic rings. The molecule has 1 fully saturated rings. The molecule has 2 heterocycles. The van der Waals surface area contributed by atoms with Crippen molar-refractivity contribution < 1.29 is 64.0 Å². The molecule has 2 bridgehead atoms. The van der Waals surface area contributed by atoms with E-state index in [1.54, 1.807) is 6.07 Å². The molecule has 1 spiro atoms. The Morgan fingerprint density at radius 1 is 1.15 bits per heavy atom. The lowest BCUT2D eigenvalue weighted by Crippen LogP contribution is -2.74. The van der Waals surface area contributed by atoms with Crippen molar-refractivity contribution in [1.82, 2.24) is 4.90 Å². The zero-order chi connectivity index (χ0) is 28.4. The Kier molecular flexibility index (Phi) is 6.33. The van der Waals surface area contributed by atoms with Crippen LogP contribution in [0.4, 0.5) is 0 Å². The Balaban J connectivity index is 1.39. The van der Waals surface area contributed by atoms with Gasteiger partial charge in [-0.15, -0.1) is 0 Å². The number of carboxylic acids is 2. The number of hydrogen-bond acceptors (Lipinski definition) is 12. The number of hydrogen-bond donors (Lipinski definition) is 6. The van der Waals surface area contributed by atoms with Crippen molar-refractivity contribution in [2.75, 3.05) is 13.6 Å². The van der Waals surface area contributed by atoms with Gasteiger partial charge in [-0.1, -0.05) is 6.07 Å². The van der Waals surface area contributed by atoms with Crippen LogP contribution in [-0.2, 0) is 40.5 Å². The quantitative estimate of drug-likeness (QED) is 0.201. The summed E-state index contributed by atoms with van der Waals surface area (Å²) >= 11 is 0. The summed E-state index contributed by atoms with van der Waals surface area (Å²) in [6.07, 6.45) is -7.13. The Morgan fingerprint density at radius 3 is 2.51 bits per heavy atom. The number of piperidine rings is 1. The van der Waals surface area contributed by atoms with Gasteiger partial charge >= 0.3 is 23.9 Å². The van der Waals surface area contributed by atoms with Crippen molar-refractivity contribution in [3.05, 3.63) is 35.1 Å². The van der Waals surface area contributed by atoms with Gasteiger partial charge in [0.2, 0.25) is 6.10 Å². The number of carbonyl (C=O) groups excluding carboxylic acids is 2. The lowest BCUT2D eigenvalue weighted by molar-refractivity contribution is -0.184. The molecule has 0 unspecified atom stereocenters. The minimum absolute atomic E-state index is 0.0369. The summed E-state index contributed by atoms with van der Waals surface area (Å²) in [5.74, 6) is -6.76. The number of aliphatic hydroxyl groups is 3. The SMILES string of the molecule is CN1CC[C@]23c4c5ccc(O)c4O[C@H]2C(OC(=O)[C@H](O)[C@@H](O)C(=O)O[C@H](CC(=O)O)C(=O)O)=CC[C@@]3(O)[C@H]1C5. The van der Waals surface area contributed by atoms with Crippen LogP contribution in [0.1, 0.15) is 30.4 Å². The first kappa shape index (κ1) is 26.9. The number of phenolic OH excluding ortho intramolecular Hbond substituents is 1. The minimum Gasteiger partial charge on any atom is -0.504 e. The zero-order valence-electron chi connectivity index (χ0n) is 20.6. The number of esters is 2. The third-order valence-electron chi connectivity index (χ3n) is 8.25. The third kappa shape index (κ3) is 3.85. The van der Waals surface area contributed by atoms with E-state index in [9.17, 15) is 39.6 Å². The van der Waals surface area contributed by atoms with Gasteiger partial charge in [-0.3, -0.25) is 4.79 Å². The number of likely N-dealkylation sites (tertiary alicyclic amines) is 1. The monoisotopic (exact) mass is 549 g/mol. The maximum Gasteiger partial charge on any atom is 0.345 e. The molecule has 0 radical (unpaired) electrons. The molecule has 6 N–H and O–H groups in total. The smallest absolute Gasteiger partial charge is 0.345 e. The molecular weight excluding hydrogens is 522 g/mol. The summed E-state index contributed by atoms with van der Waals surface area (Å²) in [6.45, 7) is 0.566. The highest BCUT2D eigenvalue weighted by Crippen LogP contribution is 2.65. The summed E-state index contributed by atoms with van der Waals surface area (Å²) in [7, 11) is 1.90. The molecule has 0 saturated carbocycles. The van der Waals surface area contributed by atoms with Gasteiger partial charge in [0.15, 0.2) is 29.8 Å². The first-order valence-electron chi connectivity index (χ1n) is 12.2. The molecule has 14 heteroatoms. The first-order valence-corrected chi connectivity index (χ1v) is 12.2. The summed E-state index contributed by atoms with van der Waals surface area (Å²) in [5.41, 5.74) is -0.940. The van der Waals surface area contributed by atoms with E-state index in [2.05, 4.69) is 4.74 Å². The summed E-state index contributed by atoms with van der Waals surface area (Å²) in [6, 6.07) is 2.94. The number of aliphatic hydroxyl groups excluding tert-OH is 2. The largest absolute Gasteiger partial charge is 0.504 e. The van der Waals surface area contributed by atoms with E-state index in [4.69, 9.17) is 19.7 Å². The van der Waals surface area contributed by atoms with E-state index >= 15 is 0 Å². The highest BCUT2D eigenvalue weighted by atomic mass is 16.6. The maximum atomic E-state index is 12.8. The summed E-state index contributed by atoms with van der Waals surface area (Å²) < 4.78 is 15.9. The molecule has 1 saturated heterocycles. The van der Waals surface area contributed by atoms with Crippen LogP contribution < -0.4 is 4.74 Å². The number of rotatable bonds is 8. The van der Waals surface area contributed by atoms with E-state index in [0.717, 1.165) is 5.56 Å². The van der Waals surface area contributed by atoms with Crippen LogP contribution in [0.25, 0.3) is 0 Å². The van der Waals surface area contributed by atoms with Crippen LogP contribution in [-0.4, -0.2) is 109 Å². The second kappa shape index (κ2) is 9.19. The number of aromatic hydroxyl groups is 1. The van der Waals surface area contributed by atoms with Crippen LogP contribution in [0, 0.1) is 0 Å². The number of carboxylic acid groups (broad SMARTS) is 2. The fourth-order valence-corrected chi connectivity index (χ4v) is 6.42. The van der Waals surface area contributed by atoms with Crippen molar-refractivity contribution in [2.24, 2.45) is 0 Å². The van der Waals surface area contributed by atoms with E-state index in [1.807, 2.05) is 11.9 Å². The molecule has 1 aromatic carbocycles. The molecule has 2 aliphatic carbocycles. The normalized spacial score (nSPS) is 30.6. The van der Waals surface area contributed by atoms with Crippen LogP contribution in [0.2, 0.25) is 0 Å². The average molecular weight is 549 g/mol. The van der Waals surface area contributed by atoms with Gasteiger partial charge in [-0.2, -0.15) is 0 Å². The van der Waals surface area contributed by atoms with Crippen LogP contribution in [0.3, 0.4) is 0 Å². The molecule has 0 amide bonds. The average Bonchev–Trinajstić information content (AvgIpc) is 3.23. The molecule has 210 valence electrons. The lowest BCUT2D eigenvalue weighted by Gasteiger charge is -2.61. The number of phenols is 1. The van der Waals surface area contributed by atoms with Gasteiger partial charge in [0, 0.05) is 18.0 Å². The van der Waals surface area contributed by atoms with Crippen molar-refractivity contribution in [3.8, 4) is 11.5 Å². The maximum absolute atomic E-state index is 12.8. The van der Waals surface area contributed by atoms with Crippen molar-refractivity contribution >= 4 is 23.9 Å². The minimum atomic E-state index is -2.59. The Hall–Kier alpha value is -3.72. The molecule has 2 aliphatic heterocycles. The predicted octanol–water partition coefficient (Wildman–Crippen LogP) is -1.59. The van der Waals surface area contributed by atoms with Crippen molar-refractivity contribution in [1.29, 1.82) is 0 Å². The van der Waals surface area contributed by atoms with E-state index in [1.165, 1.54) is 12.1 Å². The Bertz CT molecular complexity index is 1290. The van der Waals surface area contributed by atoms with Crippen molar-refractivity contribution in [3.63, 3.8) is 0 Å². The van der Waals surface area contributed by atoms with Crippen molar-refractivity contribution in [2.45, 2.75) is 67.2 Å². The summed E-state index contributed by atoms with van der Waals surface area (Å²) in [5, 5.41) is 60.8. The second-order valence-electron chi connectivity index (χ2n) is 10.3. The van der Waals surface area contributed by atoms with Gasteiger partial charge in [-0.25, -0.2) is 14.4 Å². The summed E-state index contributed by atoms with van der Waals surface area (Å²) in [4.78, 5) is 48.9. The van der Waals surface area contributed by atoms with Gasteiger partial charge in [0.25, 0.3) is 0 Å². The van der Waals surface area contributed by atoms with Crippen LogP contribution >= 0.6 is 0 Å². The van der Waals surface area contributed by atoms with Crippen LogP contribution in [0.15, 0.2) is 24.0 Å². The third-order valence-corrected chi connectivity index (χ3v) is 8.25. The number of aliphatic carboxylic acids is 2. The highest BCUT2D eigenvalue weighted by molar-refractivity contribution is 5.88. The fourth-order valence-electron chi connectivity index (χ4n) is 6.42. The standard InChI is InChI=1S/C25H27NO13/c1-26-7-6-24-16-10-2-3-11(27)19(16)39-20(24)12(4-5-25(24,36)14(26)8-10)37-22(34)17(30)18(31)23(35)38-13(21(32)33)9-15(28)29/h2-4,13-14,17-18,20,27,30-31,36H,5-9H2,1H3,(H,28,29)(H,32,33)/t13-,14-,17-,18-,20+,24+,25-/m1/s1. The molecule has 0 aromatic heterocycles. The molecule has 39 heavy (non-hydrogen) atoms. The van der Waals surface area contributed by atoms with Gasteiger partial charge in [-0.05, 0) is 44.1 Å². The molecule has 5 rings (SSSR count). The number of benzene rings is 1. The Labute approximate surface area is 220 Å². The molecular formula is C25H27NO13. The Morgan fingerprint density at radius 2 is 1.85 bits per heavy atom. The van der Waals surface area contributed by atoms with Gasteiger partial charge in [0.05, 0.1) is 17.4 Å². The number of ether oxygens (including phenoxy) is 3. The van der Waals surface area contributed by atoms with E-state index in [-0.39, 0.29) is 29.7 Å². The first-order chi connectivity index (χ1) is 18.3. The van der Waals surface area contributed by atoms with E-state index in [0.29, 0.717) is 24.9 Å². The zero-order valence-corrected chi connectivity index (χ0v) is 20.6. The number of carbonyl (C=O) groups is 4. The lowest BCUT2D eigenvalue weighted by atomic mass is 9.50. The van der Waals surface area contributed by atoms with Gasteiger partial charge in [0.1, 0.15) is 5.76 Å². The second-order valence-corrected chi connectivity index (χ2v) is 10.3. The predicted molar refractivity (Wildman–Crippen MR) is 124 cm³/mol. The number of likely N-dealkylation sites (N-methyl/N-ethyl adjacent to an activating group) is 1. The van der Waals surface area contributed by atoms with Crippen LogP contribution in [0.5, 0.6) is 11.5 Å².